The molecule has 104 valence electrons. The van der Waals surface area contributed by atoms with Gasteiger partial charge in [-0.2, -0.15) is 0 Å². The number of carbonyl (C=O) groups excluding carboxylic acids is 1. The number of piperidine rings is 1. The number of likely N-dealkylation sites (N-methyl/N-ethyl adjacent to an activating group) is 1. The molecule has 0 radical (unpaired) electrons. The third-order valence-electron chi connectivity index (χ3n) is 4.25. The molecule has 18 heavy (non-hydrogen) atoms. The highest BCUT2D eigenvalue weighted by Crippen LogP contribution is 2.16. The van der Waals surface area contributed by atoms with Crippen molar-refractivity contribution >= 4 is 5.91 Å². The van der Waals surface area contributed by atoms with Crippen molar-refractivity contribution in [2.24, 2.45) is 5.92 Å². The molecule has 2 aliphatic heterocycles. The maximum atomic E-state index is 12.1. The minimum absolute atomic E-state index is 0.362. The first-order valence-corrected chi connectivity index (χ1v) is 7.34. The Morgan fingerprint density at radius 1 is 1.17 bits per heavy atom. The second-order valence-corrected chi connectivity index (χ2v) is 5.98. The summed E-state index contributed by atoms with van der Waals surface area (Å²) in [5.74, 6) is 1.05. The molecule has 4 nitrogen and oxygen atoms in total. The van der Waals surface area contributed by atoms with E-state index in [9.17, 15) is 4.79 Å². The fourth-order valence-electron chi connectivity index (χ4n) is 2.90. The lowest BCUT2D eigenvalue weighted by molar-refractivity contribution is -0.133. The van der Waals surface area contributed by atoms with E-state index in [1.165, 1.54) is 12.8 Å². The van der Waals surface area contributed by atoms with Crippen molar-refractivity contribution in [1.82, 2.24) is 14.7 Å². The van der Waals surface area contributed by atoms with E-state index in [-0.39, 0.29) is 0 Å². The van der Waals surface area contributed by atoms with Crippen LogP contribution in [-0.4, -0.2) is 73.5 Å². The smallest absolute Gasteiger partial charge is 0.223 e. The molecule has 1 unspecified atom stereocenters. The van der Waals surface area contributed by atoms with Crippen molar-refractivity contribution in [2.45, 2.75) is 26.2 Å². The van der Waals surface area contributed by atoms with E-state index in [1.807, 2.05) is 0 Å². The standard InChI is InChI=1S/C14H27N3O/c1-13-4-3-6-17(12-13)14(18)5-7-16-10-8-15(2)9-11-16/h13H,3-12H2,1-2H3. The van der Waals surface area contributed by atoms with E-state index in [2.05, 4.69) is 28.7 Å². The van der Waals surface area contributed by atoms with Crippen molar-refractivity contribution in [3.05, 3.63) is 0 Å². The molecular formula is C14H27N3O. The molecule has 2 aliphatic rings. The number of likely N-dealkylation sites (tertiary alicyclic amines) is 1. The van der Waals surface area contributed by atoms with Crippen LogP contribution >= 0.6 is 0 Å². The van der Waals surface area contributed by atoms with Gasteiger partial charge in [0.15, 0.2) is 0 Å². The van der Waals surface area contributed by atoms with Gasteiger partial charge in [0.1, 0.15) is 0 Å². The second kappa shape index (κ2) is 6.53. The summed E-state index contributed by atoms with van der Waals surface area (Å²) in [7, 11) is 2.16. The quantitative estimate of drug-likeness (QED) is 0.747. The van der Waals surface area contributed by atoms with Crippen molar-refractivity contribution in [3.8, 4) is 0 Å². The van der Waals surface area contributed by atoms with Crippen molar-refractivity contribution in [1.29, 1.82) is 0 Å². The molecule has 4 heteroatoms. The van der Waals surface area contributed by atoms with Gasteiger partial charge in [-0.25, -0.2) is 0 Å². The average Bonchev–Trinajstić information content (AvgIpc) is 2.38. The Hall–Kier alpha value is -0.610. The van der Waals surface area contributed by atoms with Gasteiger partial charge in [0.25, 0.3) is 0 Å². The first-order chi connectivity index (χ1) is 8.65. The predicted molar refractivity (Wildman–Crippen MR) is 73.5 cm³/mol. The number of piperazine rings is 1. The Kier molecular flexibility index (Phi) is 5.01. The van der Waals surface area contributed by atoms with Crippen LogP contribution in [0.3, 0.4) is 0 Å². The molecular weight excluding hydrogens is 226 g/mol. The lowest BCUT2D eigenvalue weighted by Crippen LogP contribution is -2.46. The van der Waals surface area contributed by atoms with E-state index >= 15 is 0 Å². The highest BCUT2D eigenvalue weighted by Gasteiger charge is 2.21. The molecule has 0 N–H and O–H groups in total. The van der Waals surface area contributed by atoms with Gasteiger partial charge in [0.05, 0.1) is 0 Å². The first-order valence-electron chi connectivity index (χ1n) is 7.34. The molecule has 1 amide bonds. The number of amides is 1. The molecule has 0 aliphatic carbocycles. The summed E-state index contributed by atoms with van der Waals surface area (Å²) >= 11 is 0. The fourth-order valence-corrected chi connectivity index (χ4v) is 2.90. The molecule has 1 atom stereocenters. The van der Waals surface area contributed by atoms with Gasteiger partial charge in [-0.05, 0) is 25.8 Å². The van der Waals surface area contributed by atoms with Crippen molar-refractivity contribution in [3.63, 3.8) is 0 Å². The Bertz CT molecular complexity index is 274. The summed E-state index contributed by atoms with van der Waals surface area (Å²) in [4.78, 5) is 19.0. The summed E-state index contributed by atoms with van der Waals surface area (Å²) in [5.41, 5.74) is 0. The Balaban J connectivity index is 1.68. The zero-order valence-corrected chi connectivity index (χ0v) is 11.9. The summed E-state index contributed by atoms with van der Waals surface area (Å²) in [6.45, 7) is 9.63. The van der Waals surface area contributed by atoms with E-state index in [4.69, 9.17) is 0 Å². The van der Waals surface area contributed by atoms with Crippen LogP contribution in [0.5, 0.6) is 0 Å². The number of nitrogens with zero attached hydrogens (tertiary/aromatic N) is 3. The molecule has 0 aromatic carbocycles. The first kappa shape index (κ1) is 13.8. The van der Waals surface area contributed by atoms with E-state index in [1.54, 1.807) is 0 Å². The predicted octanol–water partition coefficient (Wildman–Crippen LogP) is 0.882. The number of hydrogen-bond donors (Lipinski definition) is 0. The topological polar surface area (TPSA) is 26.8 Å². The van der Waals surface area contributed by atoms with Crippen molar-refractivity contribution in [2.75, 3.05) is 52.9 Å². The minimum atomic E-state index is 0.362. The number of rotatable bonds is 3. The summed E-state index contributed by atoms with van der Waals surface area (Å²) in [5, 5.41) is 0. The number of carbonyl (C=O) groups is 1. The molecule has 0 spiro atoms. The van der Waals surface area contributed by atoms with Gasteiger partial charge < -0.3 is 14.7 Å². The molecule has 2 rings (SSSR count). The fraction of sp³-hybridized carbons (Fsp3) is 0.929. The Morgan fingerprint density at radius 3 is 2.56 bits per heavy atom. The minimum Gasteiger partial charge on any atom is -0.342 e. The van der Waals surface area contributed by atoms with E-state index < -0.39 is 0 Å². The average molecular weight is 253 g/mol. The Morgan fingerprint density at radius 2 is 1.89 bits per heavy atom. The maximum absolute atomic E-state index is 12.1. The highest BCUT2D eigenvalue weighted by molar-refractivity contribution is 5.76. The SMILES string of the molecule is CC1CCCN(C(=O)CCN2CCN(C)CC2)C1. The third-order valence-corrected chi connectivity index (χ3v) is 4.25. The largest absolute Gasteiger partial charge is 0.342 e. The maximum Gasteiger partial charge on any atom is 0.223 e. The molecule has 0 aromatic rings. The van der Waals surface area contributed by atoms with Gasteiger partial charge in [-0.1, -0.05) is 6.92 Å². The summed E-state index contributed by atoms with van der Waals surface area (Å²) in [6, 6.07) is 0. The van der Waals surface area contributed by atoms with Crippen molar-refractivity contribution < 1.29 is 4.79 Å². The van der Waals surface area contributed by atoms with Crippen LogP contribution in [0.4, 0.5) is 0 Å². The highest BCUT2D eigenvalue weighted by atomic mass is 16.2. The van der Waals surface area contributed by atoms with Crippen LogP contribution in [0, 0.1) is 5.92 Å². The van der Waals surface area contributed by atoms with Crippen LogP contribution in [0.15, 0.2) is 0 Å². The van der Waals surface area contributed by atoms with Gasteiger partial charge in [0, 0.05) is 52.2 Å². The van der Waals surface area contributed by atoms with E-state index in [0.29, 0.717) is 18.2 Å². The monoisotopic (exact) mass is 253 g/mol. The zero-order valence-electron chi connectivity index (χ0n) is 11.9. The lowest BCUT2D eigenvalue weighted by Gasteiger charge is -2.34. The van der Waals surface area contributed by atoms with Crippen LogP contribution < -0.4 is 0 Å². The molecule has 0 bridgehead atoms. The molecule has 2 fully saturated rings. The van der Waals surface area contributed by atoms with Gasteiger partial charge in [0.2, 0.25) is 5.91 Å². The summed E-state index contributed by atoms with van der Waals surface area (Å²) < 4.78 is 0. The third kappa shape index (κ3) is 3.95. The second-order valence-electron chi connectivity index (χ2n) is 5.98. The molecule has 2 heterocycles. The normalized spacial score (nSPS) is 27.4. The summed E-state index contributed by atoms with van der Waals surface area (Å²) in [6.07, 6.45) is 3.17. The molecule has 0 saturated carbocycles. The lowest BCUT2D eigenvalue weighted by atomic mass is 10.00. The van der Waals surface area contributed by atoms with Gasteiger partial charge in [-0.15, -0.1) is 0 Å². The van der Waals surface area contributed by atoms with Gasteiger partial charge >= 0.3 is 0 Å². The van der Waals surface area contributed by atoms with Crippen LogP contribution in [0.1, 0.15) is 26.2 Å². The number of hydrogen-bond acceptors (Lipinski definition) is 3. The van der Waals surface area contributed by atoms with Crippen LogP contribution in [-0.2, 0) is 4.79 Å². The zero-order chi connectivity index (χ0) is 13.0. The molecule has 2 saturated heterocycles. The van der Waals surface area contributed by atoms with Crippen LogP contribution in [0.2, 0.25) is 0 Å². The molecule has 0 aromatic heterocycles. The van der Waals surface area contributed by atoms with Crippen LogP contribution in [0.25, 0.3) is 0 Å². The van der Waals surface area contributed by atoms with E-state index in [0.717, 1.165) is 45.8 Å². The Labute approximate surface area is 111 Å². The van der Waals surface area contributed by atoms with Gasteiger partial charge in [-0.3, -0.25) is 4.79 Å².